The second kappa shape index (κ2) is 15.7. The van der Waals surface area contributed by atoms with E-state index in [1.165, 1.54) is 21.3 Å². The highest BCUT2D eigenvalue weighted by Crippen LogP contribution is 2.42. The number of likely N-dealkylation sites (tertiary alicyclic amines) is 2. The van der Waals surface area contributed by atoms with Crippen LogP contribution >= 0.6 is 0 Å². The van der Waals surface area contributed by atoms with Crippen molar-refractivity contribution < 1.29 is 37.0 Å². The van der Waals surface area contributed by atoms with Crippen molar-refractivity contribution in [1.29, 1.82) is 0 Å². The molecule has 0 bridgehead atoms. The van der Waals surface area contributed by atoms with Gasteiger partial charge in [0.25, 0.3) is 5.91 Å². The maximum atomic E-state index is 14.1. The van der Waals surface area contributed by atoms with E-state index in [0.717, 1.165) is 34.4 Å². The number of amides is 1. The Hall–Kier alpha value is -5.43. The summed E-state index contributed by atoms with van der Waals surface area (Å²) in [5.74, 6) is 1.10. The molecule has 7 rings (SSSR count). The summed E-state index contributed by atoms with van der Waals surface area (Å²) in [5.41, 5.74) is 2.32. The number of rotatable bonds is 12. The number of para-hydroxylation sites is 2. The molecule has 3 aromatic carbocycles. The topological polar surface area (TPSA) is 99.0 Å². The van der Waals surface area contributed by atoms with Crippen LogP contribution in [0.2, 0.25) is 0 Å². The maximum absolute atomic E-state index is 14.1. The van der Waals surface area contributed by atoms with Gasteiger partial charge in [0.15, 0.2) is 17.3 Å². The molecule has 0 aliphatic carbocycles. The van der Waals surface area contributed by atoms with Crippen LogP contribution < -0.4 is 14.2 Å². The van der Waals surface area contributed by atoms with E-state index in [4.69, 9.17) is 19.2 Å². The summed E-state index contributed by atoms with van der Waals surface area (Å²) in [5, 5.41) is 0. The van der Waals surface area contributed by atoms with Crippen LogP contribution in [0.3, 0.4) is 0 Å². The summed E-state index contributed by atoms with van der Waals surface area (Å²) in [6, 6.07) is 22.0. The first kappa shape index (κ1) is 37.9. The third-order valence-electron chi connectivity index (χ3n) is 11.2. The average molecular weight is 756 g/mol. The number of halogens is 3. The van der Waals surface area contributed by atoms with E-state index in [-0.39, 0.29) is 17.6 Å². The molecule has 13 heteroatoms. The summed E-state index contributed by atoms with van der Waals surface area (Å²) in [6.45, 7) is 3.22. The van der Waals surface area contributed by atoms with E-state index in [1.54, 1.807) is 35.4 Å². The largest absolute Gasteiger partial charge is 0.493 e. The van der Waals surface area contributed by atoms with E-state index in [2.05, 4.69) is 9.88 Å². The number of nitrogens with zero attached hydrogens (tertiary/aromatic N) is 5. The molecule has 0 spiro atoms. The van der Waals surface area contributed by atoms with Gasteiger partial charge >= 0.3 is 6.18 Å². The fourth-order valence-corrected chi connectivity index (χ4v) is 8.08. The fourth-order valence-electron chi connectivity index (χ4n) is 8.08. The molecular formula is C42H44F3N5O5. The number of alkyl halides is 3. The standard InChI is InChI=1S/C42H44F3N5O5/c1-53-35-24-29(25-36(54-2)38(35)55-3)40(52)49-23-18-41(27-49,30-11-13-31(14-12-30)42(43,44)45)17-22-48-20-15-28(16-21-48)37(51)39-47-33-9-4-5-10-34(33)50(39)26-32-8-6-7-19-46-32/h4-14,19,24-25,28H,15-18,20-23,26-27H2,1-3H3. The molecule has 10 nitrogen and oxygen atoms in total. The lowest BCUT2D eigenvalue weighted by Crippen LogP contribution is -2.41. The summed E-state index contributed by atoms with van der Waals surface area (Å²) >= 11 is 0. The van der Waals surface area contributed by atoms with Crippen LogP contribution in [0.15, 0.2) is 85.1 Å². The van der Waals surface area contributed by atoms with Gasteiger partial charge in [0, 0.05) is 36.2 Å². The van der Waals surface area contributed by atoms with Gasteiger partial charge in [-0.05, 0) is 99.4 Å². The van der Waals surface area contributed by atoms with Crippen LogP contribution in [0.25, 0.3) is 11.0 Å². The summed E-state index contributed by atoms with van der Waals surface area (Å²) in [6.07, 6.45) is -0.203. The van der Waals surface area contributed by atoms with Gasteiger partial charge in [-0.3, -0.25) is 14.6 Å². The Kier molecular flexibility index (Phi) is 10.8. The third-order valence-corrected chi connectivity index (χ3v) is 11.2. The van der Waals surface area contributed by atoms with Crippen molar-refractivity contribution in [3.05, 3.63) is 113 Å². The third kappa shape index (κ3) is 7.75. The highest BCUT2D eigenvalue weighted by molar-refractivity contribution is 5.98. The number of methoxy groups -OCH3 is 3. The zero-order valence-corrected chi connectivity index (χ0v) is 31.1. The first-order chi connectivity index (χ1) is 26.5. The van der Waals surface area contributed by atoms with Crippen molar-refractivity contribution in [2.24, 2.45) is 5.92 Å². The number of fused-ring (bicyclic) bond motifs is 1. The normalized spacial score (nSPS) is 18.1. The Labute approximate surface area is 317 Å². The maximum Gasteiger partial charge on any atom is 0.416 e. The van der Waals surface area contributed by atoms with Crippen molar-refractivity contribution in [2.75, 3.05) is 54.1 Å². The summed E-state index contributed by atoms with van der Waals surface area (Å²) in [7, 11) is 4.45. The number of ketones is 1. The molecule has 0 saturated carbocycles. The molecule has 288 valence electrons. The molecule has 1 atom stereocenters. The van der Waals surface area contributed by atoms with Gasteiger partial charge in [0.1, 0.15) is 0 Å². The predicted molar refractivity (Wildman–Crippen MR) is 201 cm³/mol. The Morgan fingerprint density at radius 3 is 2.20 bits per heavy atom. The Bertz CT molecular complexity index is 2120. The van der Waals surface area contributed by atoms with Gasteiger partial charge < -0.3 is 28.6 Å². The number of pyridine rings is 1. The zero-order valence-electron chi connectivity index (χ0n) is 31.1. The zero-order chi connectivity index (χ0) is 38.7. The van der Waals surface area contributed by atoms with Crippen molar-refractivity contribution >= 4 is 22.7 Å². The van der Waals surface area contributed by atoms with Gasteiger partial charge in [-0.2, -0.15) is 13.2 Å². The molecule has 0 N–H and O–H groups in total. The monoisotopic (exact) mass is 755 g/mol. The number of piperidine rings is 1. The minimum absolute atomic E-state index is 0.0183. The van der Waals surface area contributed by atoms with Crippen molar-refractivity contribution in [1.82, 2.24) is 24.3 Å². The number of carbonyl (C=O) groups excluding carboxylic acids is 2. The van der Waals surface area contributed by atoms with E-state index in [9.17, 15) is 22.8 Å². The van der Waals surface area contributed by atoms with E-state index >= 15 is 0 Å². The first-order valence-corrected chi connectivity index (χ1v) is 18.4. The fraction of sp³-hybridized carbons (Fsp3) is 0.381. The average Bonchev–Trinajstić information content (AvgIpc) is 3.82. The highest BCUT2D eigenvalue weighted by Gasteiger charge is 2.43. The molecule has 2 aliphatic rings. The van der Waals surface area contributed by atoms with Crippen LogP contribution in [-0.2, 0) is 18.1 Å². The number of Topliss-reactive ketones (excluding diaryl/α,β-unsaturated/α-hetero) is 1. The van der Waals surface area contributed by atoms with E-state index in [1.807, 2.05) is 47.0 Å². The van der Waals surface area contributed by atoms with Crippen LogP contribution in [0.1, 0.15) is 63.5 Å². The quantitative estimate of drug-likeness (QED) is 0.123. The van der Waals surface area contributed by atoms with Crippen LogP contribution in [0.4, 0.5) is 13.2 Å². The van der Waals surface area contributed by atoms with Crippen LogP contribution in [0, 0.1) is 5.92 Å². The molecule has 2 fully saturated rings. The van der Waals surface area contributed by atoms with Gasteiger partial charge in [-0.25, -0.2) is 4.98 Å². The van der Waals surface area contributed by atoms with Crippen molar-refractivity contribution in [3.8, 4) is 17.2 Å². The molecule has 0 radical (unpaired) electrons. The number of imidazole rings is 1. The van der Waals surface area contributed by atoms with Gasteiger partial charge in [0.2, 0.25) is 11.5 Å². The second-order valence-corrected chi connectivity index (χ2v) is 14.3. The molecule has 5 aromatic rings. The molecule has 2 aliphatic heterocycles. The van der Waals surface area contributed by atoms with Gasteiger partial charge in [-0.15, -0.1) is 0 Å². The first-order valence-electron chi connectivity index (χ1n) is 18.4. The minimum Gasteiger partial charge on any atom is -0.493 e. The van der Waals surface area contributed by atoms with Gasteiger partial charge in [-0.1, -0.05) is 30.3 Å². The molecule has 4 heterocycles. The smallest absolute Gasteiger partial charge is 0.416 e. The number of aromatic nitrogens is 3. The van der Waals surface area contributed by atoms with E-state index < -0.39 is 17.2 Å². The Balaban J connectivity index is 1.07. The number of benzene rings is 3. The molecule has 55 heavy (non-hydrogen) atoms. The highest BCUT2D eigenvalue weighted by atomic mass is 19.4. The molecule has 1 unspecified atom stereocenters. The lowest BCUT2D eigenvalue weighted by Gasteiger charge is -2.36. The lowest BCUT2D eigenvalue weighted by atomic mass is 9.76. The van der Waals surface area contributed by atoms with Crippen molar-refractivity contribution in [3.63, 3.8) is 0 Å². The Morgan fingerprint density at radius 1 is 0.873 bits per heavy atom. The second-order valence-electron chi connectivity index (χ2n) is 14.3. The van der Waals surface area contributed by atoms with Crippen LogP contribution in [0.5, 0.6) is 17.2 Å². The number of carbonyl (C=O) groups is 2. The Morgan fingerprint density at radius 2 is 1.56 bits per heavy atom. The van der Waals surface area contributed by atoms with E-state index in [0.29, 0.717) is 93.6 Å². The lowest BCUT2D eigenvalue weighted by molar-refractivity contribution is -0.137. The summed E-state index contributed by atoms with van der Waals surface area (Å²) < 4.78 is 59.0. The number of ether oxygens (including phenoxy) is 3. The predicted octanol–water partition coefficient (Wildman–Crippen LogP) is 7.29. The minimum atomic E-state index is -4.46. The molecular weight excluding hydrogens is 711 g/mol. The van der Waals surface area contributed by atoms with Crippen LogP contribution in [-0.4, -0.2) is 90.1 Å². The molecule has 2 saturated heterocycles. The summed E-state index contributed by atoms with van der Waals surface area (Å²) in [4.78, 5) is 41.3. The van der Waals surface area contributed by atoms with Gasteiger partial charge in [0.05, 0.1) is 50.2 Å². The molecule has 1 amide bonds. The molecule has 2 aromatic heterocycles. The SMILES string of the molecule is COc1cc(C(=O)N2CCC(CCN3CCC(C(=O)c4nc5ccccc5n4Cc4ccccn4)CC3)(c3ccc(C(F)(F)F)cc3)C2)cc(OC)c1OC. The number of hydrogen-bond acceptors (Lipinski definition) is 8. The number of hydrogen-bond donors (Lipinski definition) is 0. The van der Waals surface area contributed by atoms with Crippen molar-refractivity contribution in [2.45, 2.75) is 43.8 Å².